The largest absolute Gasteiger partial charge is 0.349 e. The first-order valence-corrected chi connectivity index (χ1v) is 6.74. The Labute approximate surface area is 124 Å². The van der Waals surface area contributed by atoms with Crippen LogP contribution in [0.3, 0.4) is 0 Å². The van der Waals surface area contributed by atoms with Crippen molar-refractivity contribution in [3.8, 4) is 0 Å². The first kappa shape index (κ1) is 15.0. The van der Waals surface area contributed by atoms with Crippen molar-refractivity contribution in [2.75, 3.05) is 11.9 Å². The highest BCUT2D eigenvalue weighted by Gasteiger charge is 2.22. The average molecular weight is 285 g/mol. The van der Waals surface area contributed by atoms with E-state index in [1.54, 1.807) is 20.9 Å². The quantitative estimate of drug-likeness (QED) is 0.797. The normalized spacial score (nSPS) is 10.5. The molecule has 0 aliphatic rings. The first-order valence-electron chi connectivity index (χ1n) is 6.74. The summed E-state index contributed by atoms with van der Waals surface area (Å²) >= 11 is 0. The van der Waals surface area contributed by atoms with Gasteiger partial charge in [0.15, 0.2) is 5.78 Å². The van der Waals surface area contributed by atoms with Crippen molar-refractivity contribution in [1.82, 2.24) is 9.78 Å². The van der Waals surface area contributed by atoms with Crippen LogP contribution < -0.4 is 4.90 Å². The van der Waals surface area contributed by atoms with Gasteiger partial charge in [-0.2, -0.15) is 9.78 Å². The molecule has 0 saturated carbocycles. The number of Topliss-reactive ketones (excluding diaryl/α,β-unsaturated/α-hetero) is 1. The summed E-state index contributed by atoms with van der Waals surface area (Å²) in [5.41, 5.74) is 3.57. The highest BCUT2D eigenvalue weighted by atomic mass is 16.2. The van der Waals surface area contributed by atoms with Gasteiger partial charge in [0, 0.05) is 12.7 Å². The molecule has 1 heterocycles. The zero-order chi connectivity index (χ0) is 15.7. The third-order valence-electron chi connectivity index (χ3n) is 3.53. The maximum Gasteiger partial charge on any atom is 0.349 e. The molecule has 5 heteroatoms. The van der Waals surface area contributed by atoms with Crippen molar-refractivity contribution in [1.29, 1.82) is 0 Å². The zero-order valence-corrected chi connectivity index (χ0v) is 13.0. The standard InChI is InChI=1S/C16H19N3O2/c1-10-6-8-14(9-7-10)18(5)16(21)19-12(3)15(13(4)20)11(2)17-19/h6-9H,1-5H3. The SMILES string of the molecule is CC(=O)c1c(C)nn(C(=O)N(C)c2ccc(C)cc2)c1C. The number of ketones is 1. The summed E-state index contributed by atoms with van der Waals surface area (Å²) in [5, 5.41) is 4.20. The molecule has 5 nitrogen and oxygen atoms in total. The van der Waals surface area contributed by atoms with Crippen LogP contribution in [0.2, 0.25) is 0 Å². The molecule has 0 unspecified atom stereocenters. The van der Waals surface area contributed by atoms with Crippen molar-refractivity contribution in [3.63, 3.8) is 0 Å². The van der Waals surface area contributed by atoms with Crippen molar-refractivity contribution in [2.45, 2.75) is 27.7 Å². The third kappa shape index (κ3) is 2.72. The summed E-state index contributed by atoms with van der Waals surface area (Å²) in [6, 6.07) is 7.37. The Morgan fingerprint density at radius 3 is 2.14 bits per heavy atom. The predicted octanol–water partition coefficient (Wildman–Crippen LogP) is 3.12. The first-order chi connectivity index (χ1) is 9.82. The maximum atomic E-state index is 12.6. The predicted molar refractivity (Wildman–Crippen MR) is 82.1 cm³/mol. The summed E-state index contributed by atoms with van der Waals surface area (Å²) in [6.07, 6.45) is 0. The highest BCUT2D eigenvalue weighted by Crippen LogP contribution is 2.18. The lowest BCUT2D eigenvalue weighted by atomic mass is 10.1. The van der Waals surface area contributed by atoms with E-state index in [0.29, 0.717) is 17.0 Å². The van der Waals surface area contributed by atoms with Gasteiger partial charge in [-0.05, 0) is 39.8 Å². The van der Waals surface area contributed by atoms with Gasteiger partial charge in [0.1, 0.15) is 0 Å². The number of aromatic nitrogens is 2. The van der Waals surface area contributed by atoms with E-state index in [2.05, 4.69) is 5.10 Å². The lowest BCUT2D eigenvalue weighted by molar-refractivity contribution is 0.101. The highest BCUT2D eigenvalue weighted by molar-refractivity contribution is 5.99. The monoisotopic (exact) mass is 285 g/mol. The van der Waals surface area contributed by atoms with Gasteiger partial charge in [0.2, 0.25) is 0 Å². The summed E-state index contributed by atoms with van der Waals surface area (Å²) < 4.78 is 1.28. The van der Waals surface area contributed by atoms with Crippen molar-refractivity contribution >= 4 is 17.5 Å². The lowest BCUT2D eigenvalue weighted by Crippen LogP contribution is -2.32. The Kier molecular flexibility index (Phi) is 3.93. The fourth-order valence-corrected chi connectivity index (χ4v) is 2.36. The Balaban J connectivity index is 2.38. The van der Waals surface area contributed by atoms with Crippen LogP contribution in [0, 0.1) is 20.8 Å². The maximum absolute atomic E-state index is 12.6. The molecule has 1 aromatic heterocycles. The Morgan fingerprint density at radius 1 is 1.10 bits per heavy atom. The molecule has 0 fully saturated rings. The van der Waals surface area contributed by atoms with Gasteiger partial charge >= 0.3 is 6.03 Å². The van der Waals surface area contributed by atoms with Gasteiger partial charge in [-0.15, -0.1) is 0 Å². The number of carbonyl (C=O) groups is 2. The number of nitrogens with zero attached hydrogens (tertiary/aromatic N) is 3. The van der Waals surface area contributed by atoms with E-state index < -0.39 is 0 Å². The smallest absolute Gasteiger partial charge is 0.296 e. The topological polar surface area (TPSA) is 55.2 Å². The molecule has 0 spiro atoms. The number of amides is 1. The van der Waals surface area contributed by atoms with Gasteiger partial charge < -0.3 is 0 Å². The van der Waals surface area contributed by atoms with Crippen LogP contribution in [0.25, 0.3) is 0 Å². The van der Waals surface area contributed by atoms with Crippen LogP contribution in [0.4, 0.5) is 10.5 Å². The van der Waals surface area contributed by atoms with Gasteiger partial charge in [-0.3, -0.25) is 9.69 Å². The minimum absolute atomic E-state index is 0.0814. The molecule has 0 N–H and O–H groups in total. The van der Waals surface area contributed by atoms with Crippen molar-refractivity contribution in [2.24, 2.45) is 0 Å². The molecule has 0 bridgehead atoms. The number of anilines is 1. The van der Waals surface area contributed by atoms with E-state index in [1.165, 1.54) is 16.5 Å². The van der Waals surface area contributed by atoms with Gasteiger partial charge in [0.25, 0.3) is 0 Å². The van der Waals surface area contributed by atoms with Crippen LogP contribution in [0.15, 0.2) is 24.3 Å². The molecule has 0 aliphatic carbocycles. The number of aryl methyl sites for hydroxylation is 2. The van der Waals surface area contributed by atoms with E-state index in [4.69, 9.17) is 0 Å². The number of hydrogen-bond donors (Lipinski definition) is 0. The number of hydrogen-bond acceptors (Lipinski definition) is 3. The molecular formula is C16H19N3O2. The summed E-state index contributed by atoms with van der Waals surface area (Å²) in [7, 11) is 1.69. The van der Waals surface area contributed by atoms with Crippen LogP contribution in [0.5, 0.6) is 0 Å². The van der Waals surface area contributed by atoms with Crippen LogP contribution >= 0.6 is 0 Å². The van der Waals surface area contributed by atoms with E-state index in [0.717, 1.165) is 11.3 Å². The molecule has 0 atom stereocenters. The fraction of sp³-hybridized carbons (Fsp3) is 0.312. The second-order valence-corrected chi connectivity index (χ2v) is 5.19. The Bertz CT molecular complexity index is 699. The number of benzene rings is 1. The summed E-state index contributed by atoms with van der Waals surface area (Å²) in [6.45, 7) is 6.94. The Hall–Kier alpha value is -2.43. The van der Waals surface area contributed by atoms with Gasteiger partial charge in [0.05, 0.1) is 17.0 Å². The van der Waals surface area contributed by atoms with Crippen molar-refractivity contribution in [3.05, 3.63) is 46.8 Å². The fourth-order valence-electron chi connectivity index (χ4n) is 2.36. The second kappa shape index (κ2) is 5.52. The molecule has 1 amide bonds. The lowest BCUT2D eigenvalue weighted by Gasteiger charge is -2.17. The van der Waals surface area contributed by atoms with Crippen LogP contribution in [0.1, 0.15) is 34.2 Å². The molecule has 1 aromatic carbocycles. The van der Waals surface area contributed by atoms with Gasteiger partial charge in [-0.1, -0.05) is 17.7 Å². The molecule has 21 heavy (non-hydrogen) atoms. The molecule has 2 rings (SSSR count). The summed E-state index contributed by atoms with van der Waals surface area (Å²) in [4.78, 5) is 25.7. The number of rotatable bonds is 2. The molecule has 110 valence electrons. The van der Waals surface area contributed by atoms with Gasteiger partial charge in [-0.25, -0.2) is 4.79 Å². The average Bonchev–Trinajstić information content (AvgIpc) is 2.73. The van der Waals surface area contributed by atoms with Crippen LogP contribution in [-0.2, 0) is 0 Å². The minimum Gasteiger partial charge on any atom is -0.296 e. The number of carbonyl (C=O) groups excluding carboxylic acids is 2. The van der Waals surface area contributed by atoms with E-state index >= 15 is 0 Å². The molecule has 0 radical (unpaired) electrons. The van der Waals surface area contributed by atoms with E-state index in [1.807, 2.05) is 31.2 Å². The Morgan fingerprint density at radius 2 is 1.67 bits per heavy atom. The summed E-state index contributed by atoms with van der Waals surface area (Å²) in [5.74, 6) is -0.0814. The zero-order valence-electron chi connectivity index (χ0n) is 13.0. The van der Waals surface area contributed by atoms with E-state index in [-0.39, 0.29) is 11.8 Å². The second-order valence-electron chi connectivity index (χ2n) is 5.19. The molecule has 0 saturated heterocycles. The van der Waals surface area contributed by atoms with Crippen molar-refractivity contribution < 1.29 is 9.59 Å². The van der Waals surface area contributed by atoms with E-state index in [9.17, 15) is 9.59 Å². The minimum atomic E-state index is -0.285. The molecule has 0 aliphatic heterocycles. The molecular weight excluding hydrogens is 266 g/mol. The third-order valence-corrected chi connectivity index (χ3v) is 3.53. The van der Waals surface area contributed by atoms with Crippen LogP contribution in [-0.4, -0.2) is 28.6 Å². The molecule has 2 aromatic rings.